The van der Waals surface area contributed by atoms with E-state index in [0.29, 0.717) is 43.8 Å². The van der Waals surface area contributed by atoms with Crippen molar-refractivity contribution in [2.45, 2.75) is 32.4 Å². The van der Waals surface area contributed by atoms with Crippen LogP contribution >= 0.6 is 11.6 Å². The molecule has 1 heterocycles. The molecule has 3 aromatic carbocycles. The van der Waals surface area contributed by atoms with E-state index in [4.69, 9.17) is 21.1 Å². The summed E-state index contributed by atoms with van der Waals surface area (Å²) in [5.41, 5.74) is 0.441. The van der Waals surface area contributed by atoms with Crippen LogP contribution in [0.5, 0.6) is 11.5 Å². The van der Waals surface area contributed by atoms with Gasteiger partial charge in [-0.1, -0.05) is 41.9 Å². The number of hydrogen-bond donors (Lipinski definition) is 1. The highest BCUT2D eigenvalue weighted by Gasteiger charge is 2.30. The molecular formula is C27H27ClN2O4. The number of halogens is 1. The fraction of sp³-hybridized carbons (Fsp3) is 0.259. The van der Waals surface area contributed by atoms with Crippen LogP contribution in [0.3, 0.4) is 0 Å². The third kappa shape index (κ3) is 4.33. The summed E-state index contributed by atoms with van der Waals surface area (Å²) in [6.07, 6.45) is 0. The van der Waals surface area contributed by atoms with E-state index in [9.17, 15) is 9.59 Å². The molecule has 0 saturated heterocycles. The van der Waals surface area contributed by atoms with Crippen LogP contribution in [0.1, 0.15) is 32.4 Å². The minimum atomic E-state index is -0.904. The minimum Gasteiger partial charge on any atom is -0.497 e. The molecular weight excluding hydrogens is 452 g/mol. The van der Waals surface area contributed by atoms with Crippen LogP contribution in [0.25, 0.3) is 21.7 Å². The number of ether oxygens (including phenoxy) is 2. The van der Waals surface area contributed by atoms with Gasteiger partial charge >= 0.3 is 0 Å². The van der Waals surface area contributed by atoms with Gasteiger partial charge in [-0.15, -0.1) is 0 Å². The highest BCUT2D eigenvalue weighted by molar-refractivity contribution is 6.31. The fourth-order valence-corrected chi connectivity index (χ4v) is 4.39. The molecule has 176 valence electrons. The second-order valence-electron chi connectivity index (χ2n) is 9.14. The number of rotatable bonds is 5. The maximum absolute atomic E-state index is 14.1. The highest BCUT2D eigenvalue weighted by atomic mass is 35.5. The number of carbonyl (C=O) groups is 1. The van der Waals surface area contributed by atoms with Gasteiger partial charge in [-0.05, 0) is 50.6 Å². The summed E-state index contributed by atoms with van der Waals surface area (Å²) in [5.74, 6) is 0.678. The normalized spacial score (nSPS) is 12.5. The molecule has 0 fully saturated rings. The van der Waals surface area contributed by atoms with Gasteiger partial charge in [0.1, 0.15) is 17.5 Å². The van der Waals surface area contributed by atoms with Gasteiger partial charge in [0.2, 0.25) is 5.91 Å². The van der Waals surface area contributed by atoms with Gasteiger partial charge in [-0.25, -0.2) is 0 Å². The Morgan fingerprint density at radius 1 is 0.971 bits per heavy atom. The molecule has 0 saturated carbocycles. The van der Waals surface area contributed by atoms with Crippen molar-refractivity contribution in [2.75, 3.05) is 14.2 Å². The van der Waals surface area contributed by atoms with Crippen LogP contribution in [0.4, 0.5) is 0 Å². The number of pyridine rings is 1. The lowest BCUT2D eigenvalue weighted by Crippen LogP contribution is -2.46. The Bertz CT molecular complexity index is 1440. The lowest BCUT2D eigenvalue weighted by molar-refractivity contribution is -0.124. The first-order valence-corrected chi connectivity index (χ1v) is 11.3. The molecule has 1 unspecified atom stereocenters. The van der Waals surface area contributed by atoms with E-state index in [1.165, 1.54) is 11.7 Å². The van der Waals surface area contributed by atoms with Gasteiger partial charge in [0, 0.05) is 27.4 Å². The van der Waals surface area contributed by atoms with Crippen LogP contribution in [0.2, 0.25) is 5.02 Å². The first kappa shape index (κ1) is 23.6. The largest absolute Gasteiger partial charge is 0.497 e. The number of nitrogens with one attached hydrogen (secondary N) is 1. The summed E-state index contributed by atoms with van der Waals surface area (Å²) >= 11 is 6.38. The highest BCUT2D eigenvalue weighted by Crippen LogP contribution is 2.37. The molecule has 1 amide bonds. The molecule has 7 heteroatoms. The summed E-state index contributed by atoms with van der Waals surface area (Å²) in [6.45, 7) is 5.72. The molecule has 0 bridgehead atoms. The van der Waals surface area contributed by atoms with Crippen molar-refractivity contribution in [3.8, 4) is 11.5 Å². The second-order valence-corrected chi connectivity index (χ2v) is 9.58. The third-order valence-corrected chi connectivity index (χ3v) is 5.82. The number of benzene rings is 3. The van der Waals surface area contributed by atoms with Crippen molar-refractivity contribution >= 4 is 39.2 Å². The van der Waals surface area contributed by atoms with E-state index >= 15 is 0 Å². The van der Waals surface area contributed by atoms with Crippen LogP contribution in [0.15, 0.2) is 65.5 Å². The molecule has 34 heavy (non-hydrogen) atoms. The van der Waals surface area contributed by atoms with E-state index in [0.717, 1.165) is 0 Å². The van der Waals surface area contributed by atoms with Crippen LogP contribution in [-0.4, -0.2) is 30.2 Å². The number of carbonyl (C=O) groups excluding carboxylic acids is 1. The summed E-state index contributed by atoms with van der Waals surface area (Å²) in [6, 6.07) is 17.0. The molecule has 0 aliphatic rings. The van der Waals surface area contributed by atoms with Crippen LogP contribution in [-0.2, 0) is 4.79 Å². The molecule has 1 aromatic heterocycles. The fourth-order valence-electron chi connectivity index (χ4n) is 4.22. The van der Waals surface area contributed by atoms with Crippen LogP contribution in [0, 0.1) is 0 Å². The van der Waals surface area contributed by atoms with Gasteiger partial charge in [-0.2, -0.15) is 0 Å². The lowest BCUT2D eigenvalue weighted by atomic mass is 9.99. The van der Waals surface area contributed by atoms with E-state index < -0.39 is 11.6 Å². The standard InChI is InChI=1S/C27H27ClN2O4/c1-27(2,3)29-25(31)24(16-9-7-6-8-10-16)30-21-12-11-17(28)13-19(21)23-20(26(30)32)14-18(33-4)15-22(23)34-5/h6-15,24H,1-5H3,(H,29,31). The van der Waals surface area contributed by atoms with E-state index in [1.807, 2.05) is 51.1 Å². The van der Waals surface area contributed by atoms with Crippen molar-refractivity contribution in [3.05, 3.63) is 81.6 Å². The molecule has 4 aromatic rings. The third-order valence-electron chi connectivity index (χ3n) is 5.59. The number of fused-ring (bicyclic) bond motifs is 3. The molecule has 6 nitrogen and oxygen atoms in total. The van der Waals surface area contributed by atoms with Crippen molar-refractivity contribution in [2.24, 2.45) is 0 Å². The maximum Gasteiger partial charge on any atom is 0.260 e. The summed E-state index contributed by atoms with van der Waals surface area (Å²) < 4.78 is 12.6. The number of amides is 1. The Morgan fingerprint density at radius 2 is 1.68 bits per heavy atom. The molecule has 0 radical (unpaired) electrons. The summed E-state index contributed by atoms with van der Waals surface area (Å²) in [7, 11) is 3.07. The number of hydrogen-bond acceptors (Lipinski definition) is 4. The van der Waals surface area contributed by atoms with Crippen molar-refractivity contribution in [1.82, 2.24) is 9.88 Å². The smallest absolute Gasteiger partial charge is 0.260 e. The van der Waals surface area contributed by atoms with E-state index in [-0.39, 0.29) is 11.5 Å². The van der Waals surface area contributed by atoms with Gasteiger partial charge in [-0.3, -0.25) is 14.2 Å². The predicted molar refractivity (Wildman–Crippen MR) is 136 cm³/mol. The second kappa shape index (κ2) is 9.03. The summed E-state index contributed by atoms with van der Waals surface area (Å²) in [5, 5.41) is 5.23. The quantitative estimate of drug-likeness (QED) is 0.394. The zero-order valence-electron chi connectivity index (χ0n) is 19.8. The van der Waals surface area contributed by atoms with Gasteiger partial charge in [0.15, 0.2) is 0 Å². The zero-order chi connectivity index (χ0) is 24.6. The van der Waals surface area contributed by atoms with Crippen LogP contribution < -0.4 is 20.3 Å². The van der Waals surface area contributed by atoms with Crippen molar-refractivity contribution < 1.29 is 14.3 Å². The topological polar surface area (TPSA) is 69.6 Å². The zero-order valence-corrected chi connectivity index (χ0v) is 20.6. The number of aromatic nitrogens is 1. The van der Waals surface area contributed by atoms with E-state index in [2.05, 4.69) is 5.32 Å². The van der Waals surface area contributed by atoms with E-state index in [1.54, 1.807) is 37.4 Å². The summed E-state index contributed by atoms with van der Waals surface area (Å²) in [4.78, 5) is 27.7. The molecule has 0 aliphatic carbocycles. The van der Waals surface area contributed by atoms with Crippen molar-refractivity contribution in [3.63, 3.8) is 0 Å². The average molecular weight is 479 g/mol. The van der Waals surface area contributed by atoms with Gasteiger partial charge < -0.3 is 14.8 Å². The first-order chi connectivity index (χ1) is 16.1. The number of nitrogens with zero attached hydrogens (tertiary/aromatic N) is 1. The Labute approximate surface area is 203 Å². The monoisotopic (exact) mass is 478 g/mol. The Balaban J connectivity index is 2.17. The molecule has 0 spiro atoms. The molecule has 1 N–H and O–H groups in total. The minimum absolute atomic E-state index is 0.286. The van der Waals surface area contributed by atoms with Gasteiger partial charge in [0.05, 0.1) is 25.1 Å². The molecule has 0 aliphatic heterocycles. The molecule has 1 atom stereocenters. The van der Waals surface area contributed by atoms with Gasteiger partial charge in [0.25, 0.3) is 5.56 Å². The number of methoxy groups -OCH3 is 2. The predicted octanol–water partition coefficient (Wildman–Crippen LogP) is 5.33. The average Bonchev–Trinajstić information content (AvgIpc) is 2.80. The Kier molecular flexibility index (Phi) is 6.28. The Hall–Kier alpha value is -3.51. The first-order valence-electron chi connectivity index (χ1n) is 10.9. The lowest BCUT2D eigenvalue weighted by Gasteiger charge is -2.28. The SMILES string of the molecule is COc1cc(OC)c2c(c1)c(=O)n(C(C(=O)NC(C)(C)C)c1ccccc1)c1ccc(Cl)cc21. The van der Waals surface area contributed by atoms with Crippen molar-refractivity contribution in [1.29, 1.82) is 0 Å². The maximum atomic E-state index is 14.1. The Morgan fingerprint density at radius 3 is 2.29 bits per heavy atom. The molecule has 4 rings (SSSR count).